The van der Waals surface area contributed by atoms with Gasteiger partial charge in [0, 0.05) is 35.1 Å². The Labute approximate surface area is 187 Å². The van der Waals surface area contributed by atoms with Gasteiger partial charge in [0.2, 0.25) is 0 Å². The van der Waals surface area contributed by atoms with Gasteiger partial charge < -0.3 is 24.8 Å². The summed E-state index contributed by atoms with van der Waals surface area (Å²) in [5.41, 5.74) is 1.19. The zero-order valence-corrected chi connectivity index (χ0v) is 17.7. The van der Waals surface area contributed by atoms with Crippen LogP contribution in [0.2, 0.25) is 0 Å². The summed E-state index contributed by atoms with van der Waals surface area (Å²) in [6.45, 7) is 0. The van der Waals surface area contributed by atoms with E-state index in [9.17, 15) is 13.6 Å². The van der Waals surface area contributed by atoms with Gasteiger partial charge in [-0.25, -0.2) is 13.6 Å². The van der Waals surface area contributed by atoms with E-state index in [1.165, 1.54) is 56.8 Å². The monoisotopic (exact) mass is 450 g/mol. The predicted molar refractivity (Wildman–Crippen MR) is 120 cm³/mol. The quantitative estimate of drug-likeness (QED) is 0.378. The van der Waals surface area contributed by atoms with E-state index in [1.54, 1.807) is 18.2 Å². The summed E-state index contributed by atoms with van der Waals surface area (Å²) < 4.78 is 44.1. The van der Waals surface area contributed by atoms with Crippen molar-refractivity contribution in [3.8, 4) is 23.0 Å². The Kier molecular flexibility index (Phi) is 6.21. The molecule has 0 spiro atoms. The smallest absolute Gasteiger partial charge is 0.323 e. The first-order valence-corrected chi connectivity index (χ1v) is 9.78. The van der Waals surface area contributed by atoms with Crippen molar-refractivity contribution in [2.75, 3.05) is 24.9 Å². The Morgan fingerprint density at radius 1 is 0.788 bits per heavy atom. The first-order valence-electron chi connectivity index (χ1n) is 9.78. The number of carbonyl (C=O) groups excluding carboxylic acids is 1. The SMILES string of the molecule is COc1cc2nccc(Oc3ccc(NC(=O)Nc4ccc([18F])cc4)cc3F)c2cc1OC. The number of benzene rings is 3. The van der Waals surface area contributed by atoms with E-state index in [1.807, 2.05) is 0 Å². The molecule has 2 amide bonds. The first-order chi connectivity index (χ1) is 16.0. The minimum Gasteiger partial charge on any atom is -0.493 e. The molecule has 4 aromatic rings. The maximum Gasteiger partial charge on any atom is 0.323 e. The molecule has 9 heteroatoms. The Balaban J connectivity index is 1.52. The molecular weight excluding hydrogens is 431 g/mol. The predicted octanol–water partition coefficient (Wildman–Crippen LogP) is 5.97. The van der Waals surface area contributed by atoms with Crippen LogP contribution in [0.5, 0.6) is 23.0 Å². The number of halogens is 2. The highest BCUT2D eigenvalue weighted by atomic mass is 19.1. The molecule has 0 aliphatic carbocycles. The van der Waals surface area contributed by atoms with Crippen molar-refractivity contribution < 1.29 is 27.8 Å². The molecule has 33 heavy (non-hydrogen) atoms. The minimum atomic E-state index is -0.681. The van der Waals surface area contributed by atoms with Crippen LogP contribution < -0.4 is 24.8 Å². The van der Waals surface area contributed by atoms with Crippen molar-refractivity contribution in [1.82, 2.24) is 4.98 Å². The number of pyridine rings is 1. The fourth-order valence-corrected chi connectivity index (χ4v) is 3.14. The number of amides is 2. The van der Waals surface area contributed by atoms with E-state index < -0.39 is 17.7 Å². The van der Waals surface area contributed by atoms with Gasteiger partial charge in [0.05, 0.1) is 19.7 Å². The average Bonchev–Trinajstić information content (AvgIpc) is 2.81. The molecule has 3 aromatic carbocycles. The van der Waals surface area contributed by atoms with Crippen LogP contribution in [-0.2, 0) is 0 Å². The summed E-state index contributed by atoms with van der Waals surface area (Å²) in [5.74, 6) is 0.222. The van der Waals surface area contributed by atoms with E-state index in [4.69, 9.17) is 14.2 Å². The van der Waals surface area contributed by atoms with Gasteiger partial charge in [-0.1, -0.05) is 0 Å². The summed E-state index contributed by atoms with van der Waals surface area (Å²) in [4.78, 5) is 16.4. The summed E-state index contributed by atoms with van der Waals surface area (Å²) >= 11 is 0. The van der Waals surface area contributed by atoms with Crippen LogP contribution in [0.15, 0.2) is 66.9 Å². The number of hydrogen-bond donors (Lipinski definition) is 2. The van der Waals surface area contributed by atoms with Gasteiger partial charge in [0.15, 0.2) is 23.1 Å². The molecule has 0 aliphatic heterocycles. The molecule has 0 bridgehead atoms. The maximum atomic E-state index is 14.7. The molecule has 1 heterocycles. The van der Waals surface area contributed by atoms with Crippen LogP contribution >= 0.6 is 0 Å². The maximum absolute atomic E-state index is 14.7. The molecular formula is C24H19F2N3O4. The molecule has 0 saturated carbocycles. The fourth-order valence-electron chi connectivity index (χ4n) is 3.14. The van der Waals surface area contributed by atoms with Crippen molar-refractivity contribution in [2.45, 2.75) is 0 Å². The van der Waals surface area contributed by atoms with E-state index in [0.717, 1.165) is 6.07 Å². The second-order valence-electron chi connectivity index (χ2n) is 6.87. The summed E-state index contributed by atoms with van der Waals surface area (Å²) in [7, 11) is 3.03. The van der Waals surface area contributed by atoms with E-state index >= 15 is 0 Å². The number of nitrogens with zero attached hydrogens (tertiary/aromatic N) is 1. The average molecular weight is 450 g/mol. The normalized spacial score (nSPS) is 10.5. The third-order valence-corrected chi connectivity index (χ3v) is 4.72. The first kappa shape index (κ1) is 21.8. The van der Waals surface area contributed by atoms with Crippen molar-refractivity contribution in [3.63, 3.8) is 0 Å². The Morgan fingerprint density at radius 3 is 2.15 bits per heavy atom. The number of urea groups is 1. The summed E-state index contributed by atoms with van der Waals surface area (Å²) in [6, 6.07) is 13.7. The van der Waals surface area contributed by atoms with Crippen LogP contribution in [-0.4, -0.2) is 25.2 Å². The van der Waals surface area contributed by atoms with Gasteiger partial charge in [0.1, 0.15) is 11.6 Å². The molecule has 4 rings (SSSR count). The molecule has 0 atom stereocenters. The second kappa shape index (κ2) is 9.39. The number of aromatic nitrogens is 1. The number of ether oxygens (including phenoxy) is 3. The van der Waals surface area contributed by atoms with Gasteiger partial charge in [-0.05, 0) is 48.5 Å². The van der Waals surface area contributed by atoms with E-state index in [2.05, 4.69) is 15.6 Å². The van der Waals surface area contributed by atoms with Gasteiger partial charge in [-0.2, -0.15) is 0 Å². The van der Waals surface area contributed by atoms with Crippen LogP contribution in [0, 0.1) is 11.6 Å². The zero-order valence-electron chi connectivity index (χ0n) is 17.7. The number of rotatable bonds is 6. The molecule has 2 N–H and O–H groups in total. The molecule has 7 nitrogen and oxygen atoms in total. The number of fused-ring (bicyclic) bond motifs is 1. The molecule has 0 fully saturated rings. The van der Waals surface area contributed by atoms with Gasteiger partial charge in [-0.15, -0.1) is 0 Å². The molecule has 0 aliphatic rings. The standard InChI is InChI=1S/C24H19F2N3O4/c1-31-22-12-17-19(13-23(22)32-2)27-10-9-20(17)33-21-8-7-16(11-18(21)26)29-24(30)28-15-5-3-14(25)4-6-15/h3-13H,1-2H3,(H2,28,29,30)/i25-1. The lowest BCUT2D eigenvalue weighted by molar-refractivity contribution is 0.262. The number of carbonyl (C=O) groups is 1. The van der Waals surface area contributed by atoms with Crippen LogP contribution in [0.1, 0.15) is 0 Å². The van der Waals surface area contributed by atoms with E-state index in [0.29, 0.717) is 33.8 Å². The zero-order chi connectivity index (χ0) is 23.4. The van der Waals surface area contributed by atoms with Crippen molar-refractivity contribution in [2.24, 2.45) is 0 Å². The highest BCUT2D eigenvalue weighted by molar-refractivity contribution is 5.99. The number of hydrogen-bond acceptors (Lipinski definition) is 5. The third-order valence-electron chi connectivity index (χ3n) is 4.72. The topological polar surface area (TPSA) is 81.7 Å². The summed E-state index contributed by atoms with van der Waals surface area (Å²) in [5, 5.41) is 5.65. The Morgan fingerprint density at radius 2 is 1.45 bits per heavy atom. The lowest BCUT2D eigenvalue weighted by Gasteiger charge is -2.13. The lowest BCUT2D eigenvalue weighted by atomic mass is 10.2. The summed E-state index contributed by atoms with van der Waals surface area (Å²) in [6.07, 6.45) is 1.54. The van der Waals surface area contributed by atoms with Crippen LogP contribution in [0.25, 0.3) is 10.9 Å². The fraction of sp³-hybridized carbons (Fsp3) is 0.0833. The number of nitrogens with one attached hydrogen (secondary N) is 2. The highest BCUT2D eigenvalue weighted by Crippen LogP contribution is 2.37. The number of methoxy groups -OCH3 is 2. The largest absolute Gasteiger partial charge is 0.493 e. The number of anilines is 2. The van der Waals surface area contributed by atoms with Crippen molar-refractivity contribution in [3.05, 3.63) is 78.5 Å². The van der Waals surface area contributed by atoms with Gasteiger partial charge in [-0.3, -0.25) is 4.98 Å². The Bertz CT molecular complexity index is 1310. The molecule has 0 saturated heterocycles. The van der Waals surface area contributed by atoms with Crippen LogP contribution in [0.4, 0.5) is 25.0 Å². The minimum absolute atomic E-state index is 0.0400. The van der Waals surface area contributed by atoms with Crippen LogP contribution in [0.3, 0.4) is 0 Å². The Hall–Kier alpha value is -4.40. The van der Waals surface area contributed by atoms with E-state index in [-0.39, 0.29) is 11.4 Å². The van der Waals surface area contributed by atoms with Gasteiger partial charge >= 0.3 is 6.03 Å². The highest BCUT2D eigenvalue weighted by Gasteiger charge is 2.14. The molecule has 1 aromatic heterocycles. The van der Waals surface area contributed by atoms with Crippen molar-refractivity contribution in [1.29, 1.82) is 0 Å². The van der Waals surface area contributed by atoms with Gasteiger partial charge in [0.25, 0.3) is 0 Å². The molecule has 168 valence electrons. The third kappa shape index (κ3) is 4.93. The second-order valence-corrected chi connectivity index (χ2v) is 6.87. The molecule has 0 unspecified atom stereocenters. The van der Waals surface area contributed by atoms with Crippen molar-refractivity contribution >= 4 is 28.3 Å². The molecule has 0 radical (unpaired) electrons. The lowest BCUT2D eigenvalue weighted by Crippen LogP contribution is -2.19.